The molecule has 0 spiro atoms. The number of nitrogens with zero attached hydrogens (tertiary/aromatic N) is 1. The number of nitrogens with one attached hydrogen (secondary N) is 1. The van der Waals surface area contributed by atoms with E-state index in [1.54, 1.807) is 0 Å². The van der Waals surface area contributed by atoms with Crippen molar-refractivity contribution in [3.05, 3.63) is 35.9 Å². The van der Waals surface area contributed by atoms with Gasteiger partial charge in [0.15, 0.2) is 13.7 Å². The fraction of sp³-hybridized carbons (Fsp3) is 0.562. The van der Waals surface area contributed by atoms with Gasteiger partial charge in [-0.3, -0.25) is 10.1 Å². The number of benzene rings is 1. The first kappa shape index (κ1) is 15.5. The van der Waals surface area contributed by atoms with E-state index in [1.807, 2.05) is 30.3 Å². The zero-order valence-electron chi connectivity index (χ0n) is 12.1. The highest BCUT2D eigenvalue weighted by Gasteiger charge is 2.49. The van der Waals surface area contributed by atoms with Crippen molar-refractivity contribution in [2.75, 3.05) is 26.2 Å². The quantitative estimate of drug-likeness (QED) is 0.439. The third-order valence-corrected chi connectivity index (χ3v) is 4.51. The lowest BCUT2D eigenvalue weighted by Crippen LogP contribution is -2.73. The van der Waals surface area contributed by atoms with E-state index in [9.17, 15) is 9.90 Å². The van der Waals surface area contributed by atoms with Crippen LogP contribution in [0.3, 0.4) is 0 Å². The van der Waals surface area contributed by atoms with Gasteiger partial charge in [0.1, 0.15) is 6.61 Å². The highest BCUT2D eigenvalue weighted by Crippen LogP contribution is 2.37. The van der Waals surface area contributed by atoms with Crippen LogP contribution < -0.4 is 5.32 Å². The van der Waals surface area contributed by atoms with E-state index < -0.39 is 5.72 Å². The lowest BCUT2D eigenvalue weighted by Gasteiger charge is -2.60. The molecule has 0 amide bonds. The van der Waals surface area contributed by atoms with Gasteiger partial charge in [-0.1, -0.05) is 30.3 Å². The molecule has 3 heterocycles. The van der Waals surface area contributed by atoms with Crippen LogP contribution in [0.15, 0.2) is 30.3 Å². The third-order valence-electron chi connectivity index (χ3n) is 4.51. The molecule has 22 heavy (non-hydrogen) atoms. The van der Waals surface area contributed by atoms with Crippen molar-refractivity contribution in [1.29, 1.82) is 0 Å². The van der Waals surface area contributed by atoms with Crippen LogP contribution in [0.25, 0.3) is 0 Å². The Morgan fingerprint density at radius 3 is 2.68 bits per heavy atom. The molecule has 5 nitrogen and oxygen atoms in total. The molecule has 3 aliphatic rings. The van der Waals surface area contributed by atoms with Gasteiger partial charge in [-0.15, -0.1) is 0 Å². The van der Waals surface area contributed by atoms with Crippen molar-refractivity contribution in [2.24, 2.45) is 5.92 Å². The SMILES string of the molecule is [BH3-][N+]12CCC(CC1)C(O)(NCC(=O)OCc1ccccc1)C2. The summed E-state index contributed by atoms with van der Waals surface area (Å²) >= 11 is 0. The van der Waals surface area contributed by atoms with Crippen LogP contribution in [0, 0.1) is 5.92 Å². The van der Waals surface area contributed by atoms with Crippen LogP contribution in [-0.2, 0) is 16.1 Å². The highest BCUT2D eigenvalue weighted by molar-refractivity contribution is 5.97. The summed E-state index contributed by atoms with van der Waals surface area (Å²) in [5, 5.41) is 14.0. The van der Waals surface area contributed by atoms with Crippen molar-refractivity contribution in [1.82, 2.24) is 5.32 Å². The van der Waals surface area contributed by atoms with Gasteiger partial charge in [0.2, 0.25) is 0 Å². The number of esters is 1. The summed E-state index contributed by atoms with van der Waals surface area (Å²) in [5.41, 5.74) is 0.107. The van der Waals surface area contributed by atoms with E-state index in [4.69, 9.17) is 4.74 Å². The zero-order valence-corrected chi connectivity index (χ0v) is 12.1. The van der Waals surface area contributed by atoms with Crippen molar-refractivity contribution in [3.8, 4) is 0 Å². The molecule has 2 N–H and O–H groups in total. The fourth-order valence-electron chi connectivity index (χ4n) is 3.25. The maximum absolute atomic E-state index is 11.9. The van der Waals surface area contributed by atoms with Crippen LogP contribution in [0.1, 0.15) is 18.4 Å². The standard InChI is InChI=1S/C16H25BN2O3/c17-19-8-6-14(7-9-19)16(21,12-19)18-10-15(20)22-11-13-4-2-1-3-5-13/h1-5,14,18,21H,6-12H2,17H3. The number of ether oxygens (including phenoxy) is 1. The molecular weight excluding hydrogens is 279 g/mol. The zero-order chi connectivity index (χ0) is 15.6. The Hall–Kier alpha value is -1.37. The number of aliphatic hydroxyl groups is 1. The van der Waals surface area contributed by atoms with Gasteiger partial charge < -0.3 is 14.2 Å². The Balaban J connectivity index is 1.49. The van der Waals surface area contributed by atoms with E-state index in [0.717, 1.165) is 29.3 Å². The number of fused-ring (bicyclic) bond motifs is 3. The summed E-state index contributed by atoms with van der Waals surface area (Å²) in [6.45, 7) is 3.61. The highest BCUT2D eigenvalue weighted by atomic mass is 16.5. The lowest BCUT2D eigenvalue weighted by molar-refractivity contribution is -0.847. The minimum Gasteiger partial charge on any atom is -0.519 e. The second-order valence-electron chi connectivity index (χ2n) is 5.97. The maximum atomic E-state index is 11.9. The van der Waals surface area contributed by atoms with E-state index >= 15 is 0 Å². The van der Waals surface area contributed by atoms with Crippen LogP contribution in [0.5, 0.6) is 0 Å². The van der Waals surface area contributed by atoms with Crippen LogP contribution >= 0.6 is 0 Å². The first-order chi connectivity index (χ1) is 10.5. The van der Waals surface area contributed by atoms with Gasteiger partial charge in [-0.05, 0) is 18.4 Å². The topological polar surface area (TPSA) is 58.6 Å². The number of quaternary nitrogens is 1. The van der Waals surface area contributed by atoms with E-state index in [0.29, 0.717) is 0 Å². The molecule has 1 aromatic carbocycles. The minimum absolute atomic E-state index is 0.0832. The van der Waals surface area contributed by atoms with Crippen molar-refractivity contribution < 1.29 is 19.0 Å². The number of hydrogen-bond acceptors (Lipinski definition) is 4. The lowest BCUT2D eigenvalue weighted by atomic mass is 9.76. The molecule has 0 saturated carbocycles. The molecular formula is C16H25BN2O3. The minimum atomic E-state index is -0.871. The normalized spacial score (nSPS) is 33.6. The monoisotopic (exact) mass is 304 g/mol. The Bertz CT molecular complexity index is 531. The van der Waals surface area contributed by atoms with Gasteiger partial charge in [0, 0.05) is 19.0 Å². The number of carbonyl (C=O) groups excluding carboxylic acids is 1. The largest absolute Gasteiger partial charge is 0.519 e. The molecule has 0 aliphatic carbocycles. The van der Waals surface area contributed by atoms with Gasteiger partial charge >= 0.3 is 5.97 Å². The van der Waals surface area contributed by atoms with Crippen LogP contribution in [0.4, 0.5) is 0 Å². The molecule has 4 rings (SSSR count). The average molecular weight is 304 g/mol. The summed E-state index contributed by atoms with van der Waals surface area (Å²) in [6.07, 6.45) is 2.15. The average Bonchev–Trinajstić information content (AvgIpc) is 2.52. The van der Waals surface area contributed by atoms with Gasteiger partial charge in [-0.25, -0.2) is 0 Å². The van der Waals surface area contributed by atoms with E-state index in [-0.39, 0.29) is 33.0 Å². The number of hydrogen-bond donors (Lipinski definition) is 2. The summed E-state index contributed by atoms with van der Waals surface area (Å²) in [5.74, 6) is -0.0176. The molecule has 3 aliphatic heterocycles. The second-order valence-corrected chi connectivity index (χ2v) is 5.97. The summed E-state index contributed by atoms with van der Waals surface area (Å²) < 4.78 is 6.41. The second kappa shape index (κ2) is 6.03. The molecule has 6 heteroatoms. The predicted octanol–water partition coefficient (Wildman–Crippen LogP) is -0.471. The molecule has 1 aromatic rings. The molecule has 3 fully saturated rings. The first-order valence-corrected chi connectivity index (χ1v) is 7.55. The Morgan fingerprint density at radius 1 is 1.36 bits per heavy atom. The molecule has 2 bridgehead atoms. The van der Waals surface area contributed by atoms with Crippen molar-refractivity contribution in [2.45, 2.75) is 25.2 Å². The molecule has 120 valence electrons. The van der Waals surface area contributed by atoms with E-state index in [1.165, 1.54) is 13.1 Å². The van der Waals surface area contributed by atoms with Crippen molar-refractivity contribution in [3.63, 3.8) is 0 Å². The Kier molecular flexibility index (Phi) is 4.25. The molecule has 3 saturated heterocycles. The van der Waals surface area contributed by atoms with Gasteiger partial charge in [0.05, 0.1) is 13.1 Å². The Labute approximate surface area is 132 Å². The predicted molar refractivity (Wildman–Crippen MR) is 86.7 cm³/mol. The van der Waals surface area contributed by atoms with Crippen molar-refractivity contribution >= 4 is 14.0 Å². The molecule has 1 atom stereocenters. The number of piperidine rings is 3. The number of rotatable bonds is 5. The first-order valence-electron chi connectivity index (χ1n) is 7.55. The third kappa shape index (κ3) is 3.34. The van der Waals surface area contributed by atoms with Gasteiger partial charge in [-0.2, -0.15) is 0 Å². The fourth-order valence-corrected chi connectivity index (χ4v) is 3.25. The number of carbonyl (C=O) groups is 1. The maximum Gasteiger partial charge on any atom is 0.320 e. The Morgan fingerprint density at radius 2 is 2.05 bits per heavy atom. The molecule has 1 unspecified atom stereocenters. The molecule has 0 aromatic heterocycles. The summed E-state index contributed by atoms with van der Waals surface area (Å²) in [7, 11) is 0.147. The molecule has 0 radical (unpaired) electrons. The van der Waals surface area contributed by atoms with Crippen LogP contribution in [0.2, 0.25) is 0 Å². The van der Waals surface area contributed by atoms with Crippen LogP contribution in [-0.4, -0.2) is 55.4 Å². The van der Waals surface area contributed by atoms with E-state index in [2.05, 4.69) is 5.32 Å². The summed E-state index contributed by atoms with van der Waals surface area (Å²) in [6, 6.07) is 9.65. The smallest absolute Gasteiger partial charge is 0.320 e. The summed E-state index contributed by atoms with van der Waals surface area (Å²) in [4.78, 5) is 11.9. The van der Waals surface area contributed by atoms with Gasteiger partial charge in [0.25, 0.3) is 0 Å².